The maximum atomic E-state index is 12.5. The molecule has 1 aliphatic heterocycles. The number of allylic oxidation sites excluding steroid dienone is 1. The van der Waals surface area contributed by atoms with E-state index in [4.69, 9.17) is 4.74 Å². The zero-order chi connectivity index (χ0) is 15.2. The summed E-state index contributed by atoms with van der Waals surface area (Å²) in [4.78, 5) is 26.0. The van der Waals surface area contributed by atoms with E-state index in [1.54, 1.807) is 0 Å². The van der Waals surface area contributed by atoms with Gasteiger partial charge in [0.15, 0.2) is 0 Å². The summed E-state index contributed by atoms with van der Waals surface area (Å²) in [5.41, 5.74) is 0.381. The van der Waals surface area contributed by atoms with Gasteiger partial charge in [-0.05, 0) is 30.7 Å². The third-order valence-electron chi connectivity index (χ3n) is 5.02. The molecule has 114 valence electrons. The lowest BCUT2D eigenvalue weighted by molar-refractivity contribution is 0.0691. The second-order valence-electron chi connectivity index (χ2n) is 6.26. The predicted octanol–water partition coefficient (Wildman–Crippen LogP) is 2.83. The highest BCUT2D eigenvalue weighted by Gasteiger charge is 2.58. The molecule has 5 nitrogen and oxygen atoms in total. The summed E-state index contributed by atoms with van der Waals surface area (Å²) in [6.07, 6.45) is 6.34. The molecule has 3 amide bonds. The normalized spacial score (nSPS) is 31.8. The van der Waals surface area contributed by atoms with Crippen LogP contribution in [0.3, 0.4) is 0 Å². The van der Waals surface area contributed by atoms with Crippen LogP contribution >= 0.6 is 0 Å². The Morgan fingerprint density at radius 3 is 2.91 bits per heavy atom. The van der Waals surface area contributed by atoms with Crippen LogP contribution in [0.1, 0.15) is 24.8 Å². The first-order valence-corrected chi connectivity index (χ1v) is 7.70. The Labute approximate surface area is 128 Å². The Balaban J connectivity index is 1.53. The van der Waals surface area contributed by atoms with E-state index in [9.17, 15) is 9.59 Å². The number of urea groups is 1. The van der Waals surface area contributed by atoms with Crippen molar-refractivity contribution in [2.24, 2.45) is 5.92 Å². The smallest absolute Gasteiger partial charge is 0.419 e. The van der Waals surface area contributed by atoms with Crippen molar-refractivity contribution < 1.29 is 14.3 Å². The molecule has 0 unspecified atom stereocenters. The highest BCUT2D eigenvalue weighted by atomic mass is 16.6. The summed E-state index contributed by atoms with van der Waals surface area (Å²) < 4.78 is 5.37. The van der Waals surface area contributed by atoms with Gasteiger partial charge in [-0.1, -0.05) is 42.5 Å². The summed E-state index contributed by atoms with van der Waals surface area (Å²) in [6.45, 7) is 0.177. The maximum Gasteiger partial charge on any atom is 0.419 e. The molecule has 22 heavy (non-hydrogen) atoms. The molecule has 1 aromatic rings. The zero-order valence-corrected chi connectivity index (χ0v) is 12.2. The molecular weight excluding hydrogens is 280 g/mol. The monoisotopic (exact) mass is 298 g/mol. The third kappa shape index (κ3) is 1.92. The minimum atomic E-state index is -0.561. The number of imide groups is 1. The van der Waals surface area contributed by atoms with Crippen LogP contribution in [-0.2, 0) is 11.3 Å². The average Bonchev–Trinajstić information content (AvgIpc) is 2.85. The number of nitrogens with one attached hydrogen (secondary N) is 1. The van der Waals surface area contributed by atoms with E-state index in [0.29, 0.717) is 5.92 Å². The van der Waals surface area contributed by atoms with Gasteiger partial charge in [-0.3, -0.25) is 0 Å². The maximum absolute atomic E-state index is 12.5. The van der Waals surface area contributed by atoms with Gasteiger partial charge in [0.1, 0.15) is 6.61 Å². The average molecular weight is 298 g/mol. The van der Waals surface area contributed by atoms with Crippen LogP contribution in [0.2, 0.25) is 0 Å². The molecule has 1 N–H and O–H groups in total. The predicted molar refractivity (Wildman–Crippen MR) is 80.0 cm³/mol. The Morgan fingerprint density at radius 1 is 1.36 bits per heavy atom. The van der Waals surface area contributed by atoms with E-state index < -0.39 is 11.6 Å². The van der Waals surface area contributed by atoms with Gasteiger partial charge in [0.05, 0.1) is 11.6 Å². The summed E-state index contributed by atoms with van der Waals surface area (Å²) in [5.74, 6) is 0.521. The van der Waals surface area contributed by atoms with Crippen LogP contribution in [0.4, 0.5) is 9.59 Å². The van der Waals surface area contributed by atoms with Crippen molar-refractivity contribution in [1.29, 1.82) is 0 Å². The molecule has 2 bridgehead atoms. The number of hydrogen-bond donors (Lipinski definition) is 1. The number of amides is 3. The molecule has 3 atom stereocenters. The zero-order valence-electron chi connectivity index (χ0n) is 12.2. The Morgan fingerprint density at radius 2 is 2.18 bits per heavy atom. The molecule has 1 spiro atoms. The van der Waals surface area contributed by atoms with Gasteiger partial charge in [0.25, 0.3) is 0 Å². The molecular formula is C17H18N2O3. The molecule has 4 aliphatic rings. The lowest BCUT2D eigenvalue weighted by atomic mass is 9.68. The quantitative estimate of drug-likeness (QED) is 0.854. The van der Waals surface area contributed by atoms with Crippen LogP contribution in [0.25, 0.3) is 0 Å². The van der Waals surface area contributed by atoms with Gasteiger partial charge in [-0.2, -0.15) is 0 Å². The second kappa shape index (κ2) is 4.87. The van der Waals surface area contributed by atoms with Gasteiger partial charge in [0, 0.05) is 0 Å². The fourth-order valence-electron chi connectivity index (χ4n) is 3.86. The number of nitrogens with zero attached hydrogens (tertiary/aromatic N) is 1. The standard InChI is InChI=1S/C17H18N2O3/c20-15-18-14-10-12-6-8-17(14,9-7-12)19(15)16(21)22-11-13-4-2-1-3-5-13/h1-6,8,12,14H,7,9-11H2,(H,18,20)/t12-,14-,17-/m0/s1. The molecule has 1 aromatic carbocycles. The summed E-state index contributed by atoms with van der Waals surface area (Å²) >= 11 is 0. The van der Waals surface area contributed by atoms with Crippen LogP contribution in [0.15, 0.2) is 42.5 Å². The minimum Gasteiger partial charge on any atom is -0.444 e. The first-order valence-electron chi connectivity index (χ1n) is 7.70. The van der Waals surface area contributed by atoms with Crippen molar-refractivity contribution in [2.45, 2.75) is 37.5 Å². The summed E-state index contributed by atoms with van der Waals surface area (Å²) in [7, 11) is 0. The Kier molecular flexibility index (Phi) is 2.96. The van der Waals surface area contributed by atoms with Crippen molar-refractivity contribution in [3.05, 3.63) is 48.0 Å². The van der Waals surface area contributed by atoms with E-state index >= 15 is 0 Å². The van der Waals surface area contributed by atoms with E-state index in [0.717, 1.165) is 24.8 Å². The van der Waals surface area contributed by atoms with Gasteiger partial charge in [0.2, 0.25) is 0 Å². The van der Waals surface area contributed by atoms with E-state index in [-0.39, 0.29) is 18.7 Å². The molecule has 5 heteroatoms. The van der Waals surface area contributed by atoms with E-state index in [1.807, 2.05) is 36.4 Å². The molecule has 5 rings (SSSR count). The Hall–Kier alpha value is -2.30. The van der Waals surface area contributed by atoms with Crippen LogP contribution in [0.5, 0.6) is 0 Å². The number of benzene rings is 1. The first-order chi connectivity index (χ1) is 10.7. The van der Waals surface area contributed by atoms with E-state index in [2.05, 4.69) is 11.4 Å². The molecule has 0 aromatic heterocycles. The lowest BCUT2D eigenvalue weighted by Gasteiger charge is -2.45. The largest absolute Gasteiger partial charge is 0.444 e. The summed E-state index contributed by atoms with van der Waals surface area (Å²) in [6, 6.07) is 9.17. The number of carbonyl (C=O) groups is 2. The summed E-state index contributed by atoms with van der Waals surface area (Å²) in [5, 5.41) is 2.94. The number of ether oxygens (including phenoxy) is 1. The van der Waals surface area contributed by atoms with Crippen LogP contribution in [-0.4, -0.2) is 28.6 Å². The molecule has 1 heterocycles. The fourth-order valence-corrected chi connectivity index (χ4v) is 3.86. The minimum absolute atomic E-state index is 0.0213. The topological polar surface area (TPSA) is 58.6 Å². The molecule has 1 saturated carbocycles. The third-order valence-corrected chi connectivity index (χ3v) is 5.02. The molecule has 1 saturated heterocycles. The van der Waals surface area contributed by atoms with Crippen molar-refractivity contribution in [2.75, 3.05) is 0 Å². The van der Waals surface area contributed by atoms with Crippen LogP contribution in [0, 0.1) is 5.92 Å². The van der Waals surface area contributed by atoms with Crippen molar-refractivity contribution in [3.8, 4) is 0 Å². The van der Waals surface area contributed by atoms with Crippen molar-refractivity contribution in [1.82, 2.24) is 10.2 Å². The van der Waals surface area contributed by atoms with Crippen molar-refractivity contribution >= 4 is 12.1 Å². The Bertz CT molecular complexity index is 643. The highest BCUT2D eigenvalue weighted by molar-refractivity contribution is 5.95. The van der Waals surface area contributed by atoms with Gasteiger partial charge < -0.3 is 10.1 Å². The molecule has 3 aliphatic carbocycles. The fraction of sp³-hybridized carbons (Fsp3) is 0.412. The van der Waals surface area contributed by atoms with Crippen LogP contribution < -0.4 is 5.32 Å². The highest BCUT2D eigenvalue weighted by Crippen LogP contribution is 2.46. The number of fused-ring (bicyclic) bond motifs is 1. The first kappa shape index (κ1) is 13.4. The molecule has 0 radical (unpaired) electrons. The number of carbonyl (C=O) groups excluding carboxylic acids is 2. The number of hydrogen-bond acceptors (Lipinski definition) is 3. The number of rotatable bonds is 2. The van der Waals surface area contributed by atoms with Gasteiger partial charge in [-0.25, -0.2) is 14.5 Å². The van der Waals surface area contributed by atoms with Crippen molar-refractivity contribution in [3.63, 3.8) is 0 Å². The SMILES string of the molecule is O=C1N[C@H]2C[C@H]3C=C[C@@]2(CC3)N1C(=O)OCc1ccccc1. The van der Waals surface area contributed by atoms with Gasteiger partial charge >= 0.3 is 12.1 Å². The van der Waals surface area contributed by atoms with E-state index in [1.165, 1.54) is 4.90 Å². The molecule has 2 fully saturated rings. The lowest BCUT2D eigenvalue weighted by Crippen LogP contribution is -2.57. The second-order valence-corrected chi connectivity index (χ2v) is 6.26. The van der Waals surface area contributed by atoms with Gasteiger partial charge in [-0.15, -0.1) is 0 Å².